The van der Waals surface area contributed by atoms with Crippen molar-refractivity contribution in [3.05, 3.63) is 0 Å². The predicted octanol–water partition coefficient (Wildman–Crippen LogP) is 3.93. The second-order valence-corrected chi connectivity index (χ2v) is 8.14. The molecule has 0 bridgehead atoms. The van der Waals surface area contributed by atoms with Crippen LogP contribution in [0.5, 0.6) is 0 Å². The summed E-state index contributed by atoms with van der Waals surface area (Å²) in [5.74, 6) is 0. The SMILES string of the molecule is CCC(OC1CCCCC1)(OC1CCCCC1)P(=O)(O)O. The molecule has 2 aliphatic rings. The fourth-order valence-electron chi connectivity index (χ4n) is 3.42. The maximum absolute atomic E-state index is 12.1. The topological polar surface area (TPSA) is 76.0 Å². The van der Waals surface area contributed by atoms with E-state index < -0.39 is 13.1 Å². The Balaban J connectivity index is 2.09. The summed E-state index contributed by atoms with van der Waals surface area (Å²) >= 11 is 0. The van der Waals surface area contributed by atoms with E-state index in [1.54, 1.807) is 6.92 Å². The lowest BCUT2D eigenvalue weighted by Crippen LogP contribution is -2.43. The van der Waals surface area contributed by atoms with Gasteiger partial charge in [0.1, 0.15) is 0 Å². The lowest BCUT2D eigenvalue weighted by atomic mass is 9.97. The molecule has 0 aromatic heterocycles. The van der Waals surface area contributed by atoms with Crippen LogP contribution >= 0.6 is 7.60 Å². The van der Waals surface area contributed by atoms with Crippen molar-refractivity contribution < 1.29 is 23.8 Å². The Kier molecular flexibility index (Phi) is 6.27. The van der Waals surface area contributed by atoms with Crippen LogP contribution in [0.1, 0.15) is 77.6 Å². The molecule has 0 unspecified atom stereocenters. The minimum atomic E-state index is -4.48. The highest BCUT2D eigenvalue weighted by Crippen LogP contribution is 2.56. The van der Waals surface area contributed by atoms with Gasteiger partial charge in [0.15, 0.2) is 0 Å². The monoisotopic (exact) mass is 320 g/mol. The highest BCUT2D eigenvalue weighted by Gasteiger charge is 2.51. The van der Waals surface area contributed by atoms with Crippen molar-refractivity contribution in [2.45, 2.75) is 95.3 Å². The third-order valence-corrected chi connectivity index (χ3v) is 6.11. The first-order chi connectivity index (χ1) is 9.97. The standard InChI is InChI=1S/C15H29O5P/c1-2-15(21(16,17)18,19-13-9-5-3-6-10-13)20-14-11-7-4-8-12-14/h13-14H,2-12H2,1H3,(H2,16,17,18). The molecule has 21 heavy (non-hydrogen) atoms. The lowest BCUT2D eigenvalue weighted by Gasteiger charge is -2.40. The summed E-state index contributed by atoms with van der Waals surface area (Å²) in [6.45, 7) is 1.74. The first-order valence-electron chi connectivity index (χ1n) is 8.38. The van der Waals surface area contributed by atoms with Crippen molar-refractivity contribution in [2.75, 3.05) is 0 Å². The van der Waals surface area contributed by atoms with Gasteiger partial charge in [-0.1, -0.05) is 45.4 Å². The van der Waals surface area contributed by atoms with E-state index in [2.05, 4.69) is 0 Å². The molecule has 2 aliphatic carbocycles. The van der Waals surface area contributed by atoms with Crippen LogP contribution in [0.3, 0.4) is 0 Å². The van der Waals surface area contributed by atoms with Gasteiger partial charge in [-0.05, 0) is 25.7 Å². The molecule has 0 atom stereocenters. The zero-order valence-electron chi connectivity index (χ0n) is 13.0. The van der Waals surface area contributed by atoms with Crippen LogP contribution in [0.25, 0.3) is 0 Å². The molecule has 2 rings (SSSR count). The summed E-state index contributed by atoms with van der Waals surface area (Å²) in [5.41, 5.74) is -1.74. The van der Waals surface area contributed by atoms with Crippen LogP contribution in [0.15, 0.2) is 0 Å². The zero-order chi connectivity index (χ0) is 15.3. The fourth-order valence-corrected chi connectivity index (χ4v) is 4.41. The Morgan fingerprint density at radius 1 is 0.905 bits per heavy atom. The van der Waals surface area contributed by atoms with Crippen LogP contribution in [-0.4, -0.2) is 27.5 Å². The molecule has 0 aliphatic heterocycles. The maximum atomic E-state index is 12.1. The Morgan fingerprint density at radius 2 is 1.29 bits per heavy atom. The van der Waals surface area contributed by atoms with E-state index in [9.17, 15) is 14.4 Å². The molecule has 5 nitrogen and oxygen atoms in total. The van der Waals surface area contributed by atoms with E-state index in [-0.39, 0.29) is 18.6 Å². The minimum absolute atomic E-state index is 0.0880. The molecule has 2 saturated carbocycles. The molecule has 0 amide bonds. The van der Waals surface area contributed by atoms with Gasteiger partial charge in [-0.3, -0.25) is 4.57 Å². The van der Waals surface area contributed by atoms with Crippen molar-refractivity contribution in [1.82, 2.24) is 0 Å². The maximum Gasteiger partial charge on any atom is 0.384 e. The van der Waals surface area contributed by atoms with Crippen molar-refractivity contribution in [3.8, 4) is 0 Å². The largest absolute Gasteiger partial charge is 0.384 e. The van der Waals surface area contributed by atoms with Gasteiger partial charge in [-0.25, -0.2) is 0 Å². The second-order valence-electron chi connectivity index (χ2n) is 6.37. The van der Waals surface area contributed by atoms with Crippen LogP contribution in [0, 0.1) is 0 Å². The normalized spacial score (nSPS) is 23.4. The van der Waals surface area contributed by atoms with Gasteiger partial charge in [0.05, 0.1) is 12.2 Å². The zero-order valence-corrected chi connectivity index (χ0v) is 13.9. The van der Waals surface area contributed by atoms with Gasteiger partial charge in [-0.2, -0.15) is 0 Å². The highest BCUT2D eigenvalue weighted by atomic mass is 31.2. The molecule has 2 fully saturated rings. The Hall–Kier alpha value is 0.0700. The van der Waals surface area contributed by atoms with Crippen LogP contribution in [0.2, 0.25) is 0 Å². The minimum Gasteiger partial charge on any atom is -0.337 e. The molecule has 0 aromatic carbocycles. The molecule has 0 spiro atoms. The van der Waals surface area contributed by atoms with E-state index in [1.165, 1.54) is 12.8 Å². The molecule has 0 radical (unpaired) electrons. The predicted molar refractivity (Wildman–Crippen MR) is 81.0 cm³/mol. The summed E-state index contributed by atoms with van der Waals surface area (Å²) < 4.78 is 23.9. The van der Waals surface area contributed by atoms with Crippen molar-refractivity contribution in [2.24, 2.45) is 0 Å². The van der Waals surface area contributed by atoms with Gasteiger partial charge in [-0.15, -0.1) is 0 Å². The van der Waals surface area contributed by atoms with Crippen molar-refractivity contribution in [1.29, 1.82) is 0 Å². The molecule has 2 N–H and O–H groups in total. The fraction of sp³-hybridized carbons (Fsp3) is 1.00. The Morgan fingerprint density at radius 3 is 1.57 bits per heavy atom. The van der Waals surface area contributed by atoms with Crippen LogP contribution in [0.4, 0.5) is 0 Å². The number of rotatable bonds is 6. The summed E-state index contributed by atoms with van der Waals surface area (Å²) in [6, 6.07) is 0. The van der Waals surface area contributed by atoms with E-state index in [1.807, 2.05) is 0 Å². The third kappa shape index (κ3) is 4.52. The van der Waals surface area contributed by atoms with Crippen LogP contribution < -0.4 is 0 Å². The molecular weight excluding hydrogens is 291 g/mol. The van der Waals surface area contributed by atoms with E-state index in [0.29, 0.717) is 0 Å². The number of ether oxygens (including phenoxy) is 2. The van der Waals surface area contributed by atoms with Crippen LogP contribution in [-0.2, 0) is 14.0 Å². The van der Waals surface area contributed by atoms with E-state index in [4.69, 9.17) is 9.47 Å². The summed E-state index contributed by atoms with van der Waals surface area (Å²) in [6.07, 6.45) is 10.1. The second kappa shape index (κ2) is 7.56. The Bertz CT molecular complexity index is 335. The quantitative estimate of drug-likeness (QED) is 0.573. The summed E-state index contributed by atoms with van der Waals surface area (Å²) in [4.78, 5) is 19.7. The Labute approximate surface area is 127 Å². The molecule has 6 heteroatoms. The smallest absolute Gasteiger partial charge is 0.337 e. The highest BCUT2D eigenvalue weighted by molar-refractivity contribution is 7.53. The first-order valence-corrected chi connectivity index (χ1v) is 9.99. The summed E-state index contributed by atoms with van der Waals surface area (Å²) in [5, 5.41) is 0. The molecule has 124 valence electrons. The van der Waals surface area contributed by atoms with E-state index in [0.717, 1.165) is 51.4 Å². The third-order valence-electron chi connectivity index (χ3n) is 4.70. The van der Waals surface area contributed by atoms with E-state index >= 15 is 0 Å². The molecular formula is C15H29O5P. The van der Waals surface area contributed by atoms with Crippen molar-refractivity contribution >= 4 is 7.60 Å². The van der Waals surface area contributed by atoms with Gasteiger partial charge in [0.2, 0.25) is 0 Å². The van der Waals surface area contributed by atoms with Crippen molar-refractivity contribution in [3.63, 3.8) is 0 Å². The van der Waals surface area contributed by atoms with Gasteiger partial charge in [0.25, 0.3) is 5.53 Å². The van der Waals surface area contributed by atoms with Gasteiger partial charge in [0, 0.05) is 6.42 Å². The molecule has 0 saturated heterocycles. The number of hydrogen-bond donors (Lipinski definition) is 2. The molecule has 0 heterocycles. The first kappa shape index (κ1) is 17.4. The molecule has 0 aromatic rings. The average molecular weight is 320 g/mol. The summed E-state index contributed by atoms with van der Waals surface area (Å²) in [7, 11) is -4.48. The number of hydrogen-bond acceptors (Lipinski definition) is 3. The van der Waals surface area contributed by atoms with Gasteiger partial charge < -0.3 is 19.3 Å². The lowest BCUT2D eigenvalue weighted by molar-refractivity contribution is -0.244. The average Bonchev–Trinajstić information content (AvgIpc) is 2.47. The van der Waals surface area contributed by atoms with Gasteiger partial charge >= 0.3 is 7.60 Å².